The third kappa shape index (κ3) is 4.54. The van der Waals surface area contributed by atoms with Crippen molar-refractivity contribution in [1.29, 1.82) is 0 Å². The van der Waals surface area contributed by atoms with Gasteiger partial charge in [-0.1, -0.05) is 26.0 Å². The Morgan fingerprint density at radius 2 is 1.92 bits per heavy atom. The molecule has 26 heavy (non-hydrogen) atoms. The molecule has 0 spiro atoms. The number of carbonyl (C=O) groups excluding carboxylic acids is 1. The number of hydrogen-bond donors (Lipinski definition) is 1. The molecule has 0 atom stereocenters. The normalized spacial score (nSPS) is 13.9. The number of carbonyl (C=O) groups is 1. The van der Waals surface area contributed by atoms with Crippen molar-refractivity contribution in [3.05, 3.63) is 53.9 Å². The number of anilines is 1. The second-order valence-electron chi connectivity index (χ2n) is 6.92. The summed E-state index contributed by atoms with van der Waals surface area (Å²) < 4.78 is 5.72. The molecule has 1 aromatic heterocycles. The second-order valence-corrected chi connectivity index (χ2v) is 6.92. The summed E-state index contributed by atoms with van der Waals surface area (Å²) in [6.07, 6.45) is 5.78. The summed E-state index contributed by atoms with van der Waals surface area (Å²) >= 11 is 0. The van der Waals surface area contributed by atoms with Crippen LogP contribution in [0.5, 0.6) is 5.75 Å². The van der Waals surface area contributed by atoms with Crippen LogP contribution in [-0.4, -0.2) is 37.1 Å². The first-order valence-corrected chi connectivity index (χ1v) is 9.35. The molecule has 0 bridgehead atoms. The first-order valence-electron chi connectivity index (χ1n) is 9.35. The van der Waals surface area contributed by atoms with Gasteiger partial charge < -0.3 is 15.0 Å². The first kappa shape index (κ1) is 18.2. The fourth-order valence-corrected chi connectivity index (χ4v) is 3.17. The third-order valence-corrected chi connectivity index (χ3v) is 4.69. The lowest BCUT2D eigenvalue weighted by Crippen LogP contribution is -2.30. The van der Waals surface area contributed by atoms with Gasteiger partial charge in [0, 0.05) is 19.3 Å². The first-order chi connectivity index (χ1) is 12.6. The molecule has 3 rings (SSSR count). The van der Waals surface area contributed by atoms with Gasteiger partial charge in [0.2, 0.25) is 0 Å². The third-order valence-electron chi connectivity index (χ3n) is 4.69. The predicted octanol–water partition coefficient (Wildman–Crippen LogP) is 3.61. The van der Waals surface area contributed by atoms with E-state index in [4.69, 9.17) is 4.74 Å². The van der Waals surface area contributed by atoms with Crippen LogP contribution in [0.3, 0.4) is 0 Å². The van der Waals surface area contributed by atoms with Crippen LogP contribution < -0.4 is 15.0 Å². The zero-order valence-corrected chi connectivity index (χ0v) is 15.6. The fraction of sp³-hybridized carbons (Fsp3) is 0.429. The lowest BCUT2D eigenvalue weighted by molar-refractivity contribution is 0.0947. The summed E-state index contributed by atoms with van der Waals surface area (Å²) in [6, 6.07) is 9.90. The van der Waals surface area contributed by atoms with E-state index in [2.05, 4.69) is 41.2 Å². The molecule has 1 amide bonds. The molecule has 1 fully saturated rings. The van der Waals surface area contributed by atoms with Crippen molar-refractivity contribution in [2.75, 3.05) is 31.1 Å². The fourth-order valence-electron chi connectivity index (χ4n) is 3.17. The topological polar surface area (TPSA) is 54.5 Å². The molecule has 0 radical (unpaired) electrons. The smallest absolute Gasteiger partial charge is 0.253 e. The van der Waals surface area contributed by atoms with E-state index >= 15 is 0 Å². The number of amides is 1. The SMILES string of the molecule is CC(C)c1ccc(OCCNC(=O)c2ccncc2N2CCCC2)cc1. The van der Waals surface area contributed by atoms with Crippen LogP contribution in [0.1, 0.15) is 48.5 Å². The molecule has 0 saturated carbocycles. The van der Waals surface area contributed by atoms with Crippen molar-refractivity contribution < 1.29 is 9.53 Å². The van der Waals surface area contributed by atoms with Gasteiger partial charge in [-0.05, 0) is 42.5 Å². The minimum Gasteiger partial charge on any atom is -0.492 e. The Kier molecular flexibility index (Phi) is 6.10. The maximum atomic E-state index is 12.5. The minimum absolute atomic E-state index is 0.0759. The van der Waals surface area contributed by atoms with Crippen LogP contribution in [0.15, 0.2) is 42.7 Å². The van der Waals surface area contributed by atoms with Gasteiger partial charge in [-0.25, -0.2) is 0 Å². The Labute approximate surface area is 155 Å². The van der Waals surface area contributed by atoms with Gasteiger partial charge in [-0.3, -0.25) is 9.78 Å². The largest absolute Gasteiger partial charge is 0.492 e. The maximum absolute atomic E-state index is 12.5. The van der Waals surface area contributed by atoms with Crippen molar-refractivity contribution in [3.8, 4) is 5.75 Å². The monoisotopic (exact) mass is 353 g/mol. The zero-order chi connectivity index (χ0) is 18.4. The van der Waals surface area contributed by atoms with E-state index in [0.29, 0.717) is 24.6 Å². The van der Waals surface area contributed by atoms with E-state index in [0.717, 1.165) is 24.5 Å². The van der Waals surface area contributed by atoms with Crippen molar-refractivity contribution in [2.24, 2.45) is 0 Å². The molecule has 0 unspecified atom stereocenters. The highest BCUT2D eigenvalue weighted by Gasteiger charge is 2.19. The molecule has 5 nitrogen and oxygen atoms in total. The average molecular weight is 353 g/mol. The van der Waals surface area contributed by atoms with Gasteiger partial charge >= 0.3 is 0 Å². The molecule has 0 aliphatic carbocycles. The highest BCUT2D eigenvalue weighted by molar-refractivity contribution is 5.99. The molecule has 1 aliphatic rings. The van der Waals surface area contributed by atoms with Crippen molar-refractivity contribution >= 4 is 11.6 Å². The predicted molar refractivity (Wildman–Crippen MR) is 104 cm³/mol. The number of rotatable bonds is 7. The summed E-state index contributed by atoms with van der Waals surface area (Å²) in [5.74, 6) is 1.26. The maximum Gasteiger partial charge on any atom is 0.253 e. The van der Waals surface area contributed by atoms with Crippen molar-refractivity contribution in [3.63, 3.8) is 0 Å². The van der Waals surface area contributed by atoms with Gasteiger partial charge in [0.05, 0.1) is 24.0 Å². The highest BCUT2D eigenvalue weighted by Crippen LogP contribution is 2.23. The van der Waals surface area contributed by atoms with Crippen molar-refractivity contribution in [1.82, 2.24) is 10.3 Å². The van der Waals surface area contributed by atoms with Crippen LogP contribution in [0.25, 0.3) is 0 Å². The number of pyridine rings is 1. The zero-order valence-electron chi connectivity index (χ0n) is 15.6. The van der Waals surface area contributed by atoms with E-state index in [1.807, 2.05) is 12.1 Å². The molecule has 1 aliphatic heterocycles. The summed E-state index contributed by atoms with van der Waals surface area (Å²) in [6.45, 7) is 7.22. The Morgan fingerprint density at radius 1 is 1.19 bits per heavy atom. The van der Waals surface area contributed by atoms with Crippen LogP contribution >= 0.6 is 0 Å². The van der Waals surface area contributed by atoms with Gasteiger partial charge in [-0.15, -0.1) is 0 Å². The Hall–Kier alpha value is -2.56. The minimum atomic E-state index is -0.0759. The number of hydrogen-bond acceptors (Lipinski definition) is 4. The number of nitrogens with one attached hydrogen (secondary N) is 1. The van der Waals surface area contributed by atoms with Gasteiger partial charge in [-0.2, -0.15) is 0 Å². The molecule has 1 aromatic carbocycles. The Morgan fingerprint density at radius 3 is 2.62 bits per heavy atom. The van der Waals surface area contributed by atoms with Crippen LogP contribution in [-0.2, 0) is 0 Å². The number of ether oxygens (including phenoxy) is 1. The molecular weight excluding hydrogens is 326 g/mol. The van der Waals surface area contributed by atoms with E-state index < -0.39 is 0 Å². The van der Waals surface area contributed by atoms with E-state index in [-0.39, 0.29) is 5.91 Å². The summed E-state index contributed by atoms with van der Waals surface area (Å²) in [5, 5.41) is 2.94. The van der Waals surface area contributed by atoms with E-state index in [9.17, 15) is 4.79 Å². The van der Waals surface area contributed by atoms with E-state index in [1.54, 1.807) is 18.5 Å². The molecule has 5 heteroatoms. The Balaban J connectivity index is 1.50. The second kappa shape index (κ2) is 8.70. The van der Waals surface area contributed by atoms with Gasteiger partial charge in [0.15, 0.2) is 0 Å². The number of aromatic nitrogens is 1. The highest BCUT2D eigenvalue weighted by atomic mass is 16.5. The molecule has 2 heterocycles. The average Bonchev–Trinajstić information content (AvgIpc) is 3.20. The number of nitrogens with zero attached hydrogens (tertiary/aromatic N) is 2. The quantitative estimate of drug-likeness (QED) is 0.773. The Bertz CT molecular complexity index is 722. The van der Waals surface area contributed by atoms with Gasteiger partial charge in [0.1, 0.15) is 12.4 Å². The molecular formula is C21H27N3O2. The van der Waals surface area contributed by atoms with Gasteiger partial charge in [0.25, 0.3) is 5.91 Å². The van der Waals surface area contributed by atoms with Crippen LogP contribution in [0, 0.1) is 0 Å². The molecule has 1 N–H and O–H groups in total. The van der Waals surface area contributed by atoms with Crippen molar-refractivity contribution in [2.45, 2.75) is 32.6 Å². The summed E-state index contributed by atoms with van der Waals surface area (Å²) in [7, 11) is 0. The molecule has 138 valence electrons. The van der Waals surface area contributed by atoms with Crippen LogP contribution in [0.4, 0.5) is 5.69 Å². The lowest BCUT2D eigenvalue weighted by atomic mass is 10.0. The number of benzene rings is 1. The van der Waals surface area contributed by atoms with Crippen LogP contribution in [0.2, 0.25) is 0 Å². The summed E-state index contributed by atoms with van der Waals surface area (Å²) in [5.41, 5.74) is 2.90. The molecule has 2 aromatic rings. The van der Waals surface area contributed by atoms with E-state index in [1.165, 1.54) is 18.4 Å². The summed E-state index contributed by atoms with van der Waals surface area (Å²) in [4.78, 5) is 18.9. The lowest BCUT2D eigenvalue weighted by Gasteiger charge is -2.20. The molecule has 1 saturated heterocycles. The standard InChI is InChI=1S/C21H27N3O2/c1-16(2)17-5-7-18(8-6-17)26-14-11-23-21(25)19-9-10-22-15-20(19)24-12-3-4-13-24/h5-10,15-16H,3-4,11-14H2,1-2H3,(H,23,25).